The van der Waals surface area contributed by atoms with Crippen LogP contribution in [-0.2, 0) is 14.3 Å². The van der Waals surface area contributed by atoms with Gasteiger partial charge in [0.05, 0.1) is 20.5 Å². The monoisotopic (exact) mass is 292 g/mol. The lowest BCUT2D eigenvalue weighted by molar-refractivity contribution is -0.133. The van der Waals surface area contributed by atoms with E-state index in [9.17, 15) is 4.79 Å². The smallest absolute Gasteiger partial charge is 0.341 e. The summed E-state index contributed by atoms with van der Waals surface area (Å²) in [6, 6.07) is 18.1. The Bertz CT molecular complexity index is 878. The summed E-state index contributed by atoms with van der Waals surface area (Å²) in [5.74, 6) is -0.415. The van der Waals surface area contributed by atoms with Crippen LogP contribution in [0, 0.1) is 0 Å². The lowest BCUT2D eigenvalue weighted by Gasteiger charge is -2.12. The van der Waals surface area contributed by atoms with Crippen molar-refractivity contribution < 1.29 is 14.3 Å². The molecule has 0 saturated heterocycles. The predicted octanol–water partition coefficient (Wildman–Crippen LogP) is 4.15. The van der Waals surface area contributed by atoms with Gasteiger partial charge in [0.25, 0.3) is 0 Å². The second-order valence-corrected chi connectivity index (χ2v) is 4.95. The molecule has 22 heavy (non-hydrogen) atoms. The number of ether oxygens (including phenoxy) is 2. The van der Waals surface area contributed by atoms with Gasteiger partial charge in [-0.1, -0.05) is 48.5 Å². The fourth-order valence-electron chi connectivity index (χ4n) is 2.73. The van der Waals surface area contributed by atoms with Gasteiger partial charge in [0, 0.05) is 5.56 Å². The van der Waals surface area contributed by atoms with E-state index in [1.807, 2.05) is 42.5 Å². The molecule has 0 aliphatic heterocycles. The molecule has 0 saturated carbocycles. The van der Waals surface area contributed by atoms with Crippen LogP contribution in [0.3, 0.4) is 0 Å². The number of carbonyl (C=O) groups excluding carboxylic acids is 1. The largest absolute Gasteiger partial charge is 0.503 e. The summed E-state index contributed by atoms with van der Waals surface area (Å²) in [6.07, 6.45) is 1.43. The highest BCUT2D eigenvalue weighted by atomic mass is 16.5. The first kappa shape index (κ1) is 14.1. The van der Waals surface area contributed by atoms with Gasteiger partial charge >= 0.3 is 5.97 Å². The molecule has 0 heterocycles. The minimum absolute atomic E-state index is 0.409. The van der Waals surface area contributed by atoms with Crippen LogP contribution >= 0.6 is 0 Å². The zero-order chi connectivity index (χ0) is 15.5. The first-order valence-corrected chi connectivity index (χ1v) is 6.98. The molecule has 3 aromatic rings. The van der Waals surface area contributed by atoms with E-state index >= 15 is 0 Å². The molecular weight excluding hydrogens is 276 g/mol. The molecule has 0 unspecified atom stereocenters. The van der Waals surface area contributed by atoms with E-state index in [0.717, 1.165) is 27.1 Å². The zero-order valence-electron chi connectivity index (χ0n) is 12.5. The third kappa shape index (κ3) is 2.31. The molecule has 0 aromatic heterocycles. The number of rotatable bonds is 3. The summed E-state index contributed by atoms with van der Waals surface area (Å²) in [4.78, 5) is 12.1. The van der Waals surface area contributed by atoms with Crippen LogP contribution in [0.25, 0.3) is 27.1 Å². The average Bonchev–Trinajstić information content (AvgIpc) is 2.58. The molecule has 0 atom stereocenters. The predicted molar refractivity (Wildman–Crippen MR) is 88.5 cm³/mol. The Morgan fingerprint density at radius 2 is 1.55 bits per heavy atom. The van der Waals surface area contributed by atoms with Crippen LogP contribution in [0.15, 0.2) is 60.9 Å². The quantitative estimate of drug-likeness (QED) is 0.315. The molecule has 3 heteroatoms. The van der Waals surface area contributed by atoms with Crippen LogP contribution < -0.4 is 0 Å². The first-order chi connectivity index (χ1) is 10.8. The number of hydrogen-bond acceptors (Lipinski definition) is 3. The second kappa shape index (κ2) is 5.90. The van der Waals surface area contributed by atoms with Gasteiger partial charge < -0.3 is 9.47 Å². The minimum Gasteiger partial charge on any atom is -0.503 e. The highest BCUT2D eigenvalue weighted by Gasteiger charge is 2.17. The van der Waals surface area contributed by atoms with Gasteiger partial charge in [-0.2, -0.15) is 0 Å². The van der Waals surface area contributed by atoms with E-state index in [4.69, 9.17) is 9.47 Å². The maximum absolute atomic E-state index is 12.1. The molecule has 0 amide bonds. The average molecular weight is 292 g/mol. The molecule has 0 bridgehead atoms. The van der Waals surface area contributed by atoms with Gasteiger partial charge in [-0.15, -0.1) is 0 Å². The van der Waals surface area contributed by atoms with Crippen LogP contribution in [0.1, 0.15) is 5.56 Å². The molecule has 3 aromatic carbocycles. The standard InChI is InChI=1S/C19H16O3/c1-21-12-18(19(20)22-2)17-11-13-7-3-4-8-14(13)15-9-5-6-10-16(15)17/h3-12H,1-2H3. The van der Waals surface area contributed by atoms with Crippen LogP contribution in [0.2, 0.25) is 0 Å². The summed E-state index contributed by atoms with van der Waals surface area (Å²) < 4.78 is 9.97. The molecule has 0 aliphatic rings. The summed E-state index contributed by atoms with van der Waals surface area (Å²) in [7, 11) is 2.89. The van der Waals surface area contributed by atoms with Crippen molar-refractivity contribution in [3.8, 4) is 0 Å². The number of methoxy groups -OCH3 is 2. The van der Waals surface area contributed by atoms with Crippen LogP contribution in [-0.4, -0.2) is 20.2 Å². The molecule has 0 fully saturated rings. The second-order valence-electron chi connectivity index (χ2n) is 4.95. The summed E-state index contributed by atoms with van der Waals surface area (Å²) >= 11 is 0. The van der Waals surface area contributed by atoms with Gasteiger partial charge in [-0.3, -0.25) is 0 Å². The van der Waals surface area contributed by atoms with Crippen molar-refractivity contribution in [3.63, 3.8) is 0 Å². The zero-order valence-corrected chi connectivity index (χ0v) is 12.5. The molecule has 110 valence electrons. The highest BCUT2D eigenvalue weighted by Crippen LogP contribution is 2.32. The Morgan fingerprint density at radius 3 is 2.23 bits per heavy atom. The highest BCUT2D eigenvalue weighted by molar-refractivity contribution is 6.23. The lowest BCUT2D eigenvalue weighted by atomic mass is 9.93. The third-order valence-electron chi connectivity index (χ3n) is 3.70. The van der Waals surface area contributed by atoms with E-state index in [0.29, 0.717) is 5.57 Å². The minimum atomic E-state index is -0.415. The van der Waals surface area contributed by atoms with Crippen molar-refractivity contribution in [1.29, 1.82) is 0 Å². The molecule has 0 N–H and O–H groups in total. The van der Waals surface area contributed by atoms with Crippen LogP contribution in [0.5, 0.6) is 0 Å². The number of hydrogen-bond donors (Lipinski definition) is 0. The molecular formula is C19H16O3. The molecule has 3 nitrogen and oxygen atoms in total. The topological polar surface area (TPSA) is 35.5 Å². The van der Waals surface area contributed by atoms with Crippen molar-refractivity contribution in [2.45, 2.75) is 0 Å². The van der Waals surface area contributed by atoms with Gasteiger partial charge in [0.15, 0.2) is 0 Å². The number of carbonyl (C=O) groups is 1. The van der Waals surface area contributed by atoms with Crippen molar-refractivity contribution in [3.05, 3.63) is 66.4 Å². The van der Waals surface area contributed by atoms with Crippen molar-refractivity contribution in [1.82, 2.24) is 0 Å². The van der Waals surface area contributed by atoms with E-state index < -0.39 is 5.97 Å². The van der Waals surface area contributed by atoms with Gasteiger partial charge in [-0.05, 0) is 27.6 Å². The summed E-state index contributed by atoms with van der Waals surface area (Å²) in [6.45, 7) is 0. The number of benzene rings is 3. The Morgan fingerprint density at radius 1 is 0.909 bits per heavy atom. The van der Waals surface area contributed by atoms with E-state index in [1.54, 1.807) is 0 Å². The molecule has 3 rings (SSSR count). The maximum atomic E-state index is 12.1. The third-order valence-corrected chi connectivity index (χ3v) is 3.70. The summed E-state index contributed by atoms with van der Waals surface area (Å²) in [5, 5.41) is 4.32. The van der Waals surface area contributed by atoms with Crippen molar-refractivity contribution in [2.24, 2.45) is 0 Å². The van der Waals surface area contributed by atoms with Crippen molar-refractivity contribution >= 4 is 33.1 Å². The van der Waals surface area contributed by atoms with E-state index in [2.05, 4.69) is 12.1 Å². The van der Waals surface area contributed by atoms with Gasteiger partial charge in [-0.25, -0.2) is 4.79 Å². The maximum Gasteiger partial charge on any atom is 0.341 e. The normalized spacial score (nSPS) is 11.6. The van der Waals surface area contributed by atoms with Gasteiger partial charge in [0.1, 0.15) is 5.57 Å². The Balaban J connectivity index is 2.41. The fraction of sp³-hybridized carbons (Fsp3) is 0.105. The molecule has 0 radical (unpaired) electrons. The molecule has 0 aliphatic carbocycles. The van der Waals surface area contributed by atoms with E-state index in [-0.39, 0.29) is 0 Å². The number of fused-ring (bicyclic) bond motifs is 3. The van der Waals surface area contributed by atoms with Crippen LogP contribution in [0.4, 0.5) is 0 Å². The Kier molecular flexibility index (Phi) is 3.79. The molecule has 0 spiro atoms. The first-order valence-electron chi connectivity index (χ1n) is 6.98. The SMILES string of the molecule is COC=C(C(=O)OC)c1cc2ccccc2c2ccccc12. The summed E-state index contributed by atoms with van der Waals surface area (Å²) in [5.41, 5.74) is 1.22. The fourth-order valence-corrected chi connectivity index (χ4v) is 2.73. The van der Waals surface area contributed by atoms with E-state index in [1.165, 1.54) is 20.5 Å². The Hall–Kier alpha value is -2.81. The Labute approximate surface area is 128 Å². The van der Waals surface area contributed by atoms with Crippen molar-refractivity contribution in [2.75, 3.05) is 14.2 Å². The lowest BCUT2D eigenvalue weighted by Crippen LogP contribution is -2.05. The number of esters is 1. The van der Waals surface area contributed by atoms with Gasteiger partial charge in [0.2, 0.25) is 0 Å².